The van der Waals surface area contributed by atoms with Gasteiger partial charge in [0.15, 0.2) is 5.78 Å². The van der Waals surface area contributed by atoms with E-state index >= 15 is 0 Å². The second-order valence-electron chi connectivity index (χ2n) is 10.1. The van der Waals surface area contributed by atoms with E-state index < -0.39 is 5.60 Å². The minimum Gasteiger partial charge on any atom is -0.380 e. The fourth-order valence-electron chi connectivity index (χ4n) is 4.51. The zero-order valence-electron chi connectivity index (χ0n) is 17.9. The normalized spacial score (nSPS) is 26.1. The van der Waals surface area contributed by atoms with Crippen molar-refractivity contribution in [3.8, 4) is 0 Å². The van der Waals surface area contributed by atoms with E-state index in [4.69, 9.17) is 0 Å². The van der Waals surface area contributed by atoms with Crippen molar-refractivity contribution >= 4 is 5.78 Å². The maximum atomic E-state index is 13.7. The van der Waals surface area contributed by atoms with E-state index in [1.54, 1.807) is 0 Å². The van der Waals surface area contributed by atoms with Gasteiger partial charge in [-0.05, 0) is 28.0 Å². The largest absolute Gasteiger partial charge is 0.380 e. The van der Waals surface area contributed by atoms with Crippen molar-refractivity contribution in [2.24, 2.45) is 16.7 Å². The third kappa shape index (κ3) is 3.58. The summed E-state index contributed by atoms with van der Waals surface area (Å²) in [5.74, 6) is -0.538. The van der Waals surface area contributed by atoms with Gasteiger partial charge in [0, 0.05) is 17.4 Å². The van der Waals surface area contributed by atoms with Crippen LogP contribution in [0.1, 0.15) is 58.6 Å². The van der Waals surface area contributed by atoms with Crippen LogP contribution in [0.2, 0.25) is 0 Å². The topological polar surface area (TPSA) is 37.3 Å². The van der Waals surface area contributed by atoms with Gasteiger partial charge in [-0.3, -0.25) is 4.79 Å². The molecule has 0 amide bonds. The maximum absolute atomic E-state index is 13.7. The first kappa shape index (κ1) is 20.5. The number of ketones is 1. The van der Waals surface area contributed by atoms with Gasteiger partial charge in [0.25, 0.3) is 0 Å². The van der Waals surface area contributed by atoms with E-state index in [9.17, 15) is 9.90 Å². The van der Waals surface area contributed by atoms with Gasteiger partial charge in [-0.1, -0.05) is 102 Å². The molecule has 28 heavy (non-hydrogen) atoms. The third-order valence-electron chi connectivity index (χ3n) is 5.86. The first-order chi connectivity index (χ1) is 13.0. The lowest BCUT2D eigenvalue weighted by Gasteiger charge is -2.49. The van der Waals surface area contributed by atoms with Crippen LogP contribution in [-0.4, -0.2) is 10.9 Å². The highest BCUT2D eigenvalue weighted by Crippen LogP contribution is 2.55. The number of carbonyl (C=O) groups excluding carboxylic acids is 1. The highest BCUT2D eigenvalue weighted by atomic mass is 16.3. The average molecular weight is 377 g/mol. The van der Waals surface area contributed by atoms with Crippen LogP contribution >= 0.6 is 0 Å². The van der Waals surface area contributed by atoms with Crippen molar-refractivity contribution in [1.29, 1.82) is 0 Å². The Hall–Kier alpha value is -2.19. The van der Waals surface area contributed by atoms with Crippen LogP contribution in [0.25, 0.3) is 0 Å². The molecular formula is C26H32O2. The molecule has 1 N–H and O–H groups in total. The van der Waals surface area contributed by atoms with Crippen LogP contribution in [0.5, 0.6) is 0 Å². The van der Waals surface area contributed by atoms with Crippen LogP contribution in [0.15, 0.2) is 72.3 Å². The summed E-state index contributed by atoms with van der Waals surface area (Å²) >= 11 is 0. The van der Waals surface area contributed by atoms with Gasteiger partial charge in [0.2, 0.25) is 0 Å². The zero-order chi connectivity index (χ0) is 20.7. The zero-order valence-corrected chi connectivity index (χ0v) is 17.9. The summed E-state index contributed by atoms with van der Waals surface area (Å²) in [5, 5.41) is 12.2. The molecule has 0 spiro atoms. The summed E-state index contributed by atoms with van der Waals surface area (Å²) in [7, 11) is 0. The molecule has 148 valence electrons. The number of Topliss-reactive ketones (excluding diaryl/α,β-unsaturated/α-hetero) is 1. The Morgan fingerprint density at radius 3 is 1.79 bits per heavy atom. The van der Waals surface area contributed by atoms with Gasteiger partial charge in [0.05, 0.1) is 0 Å². The van der Waals surface area contributed by atoms with Crippen LogP contribution in [0.4, 0.5) is 0 Å². The Morgan fingerprint density at radius 1 is 0.821 bits per heavy atom. The Balaban J connectivity index is 2.36. The van der Waals surface area contributed by atoms with E-state index in [-0.39, 0.29) is 28.4 Å². The van der Waals surface area contributed by atoms with Gasteiger partial charge in [-0.15, -0.1) is 0 Å². The van der Waals surface area contributed by atoms with Crippen LogP contribution in [-0.2, 0) is 10.4 Å². The highest BCUT2D eigenvalue weighted by molar-refractivity contribution is 6.01. The second kappa shape index (κ2) is 7.00. The van der Waals surface area contributed by atoms with E-state index in [0.29, 0.717) is 5.57 Å². The molecule has 0 fully saturated rings. The number of allylic oxidation sites excluding steroid dienone is 1. The number of carbonyl (C=O) groups is 1. The van der Waals surface area contributed by atoms with Crippen molar-refractivity contribution < 1.29 is 9.90 Å². The maximum Gasteiger partial charge on any atom is 0.163 e. The summed E-state index contributed by atoms with van der Waals surface area (Å²) in [5.41, 5.74) is 0.636. The van der Waals surface area contributed by atoms with E-state index in [0.717, 1.165) is 11.1 Å². The molecule has 2 aromatic carbocycles. The van der Waals surface area contributed by atoms with E-state index in [1.165, 1.54) is 0 Å². The molecule has 3 rings (SSSR count). The van der Waals surface area contributed by atoms with Crippen LogP contribution < -0.4 is 0 Å². The van der Waals surface area contributed by atoms with Crippen molar-refractivity contribution in [3.63, 3.8) is 0 Å². The minimum atomic E-state index is -1.25. The second-order valence-corrected chi connectivity index (χ2v) is 10.1. The average Bonchev–Trinajstić information content (AvgIpc) is 2.62. The van der Waals surface area contributed by atoms with Crippen molar-refractivity contribution in [1.82, 2.24) is 0 Å². The van der Waals surface area contributed by atoms with Crippen molar-refractivity contribution in [3.05, 3.63) is 83.4 Å². The molecule has 0 radical (unpaired) electrons. The molecule has 1 aliphatic rings. The molecule has 3 unspecified atom stereocenters. The molecule has 0 saturated carbocycles. The molecule has 1 aliphatic carbocycles. The molecule has 2 aromatic rings. The molecule has 0 saturated heterocycles. The first-order valence-corrected chi connectivity index (χ1v) is 10.1. The summed E-state index contributed by atoms with van der Waals surface area (Å²) < 4.78 is 0. The number of aliphatic hydroxyl groups is 1. The van der Waals surface area contributed by atoms with Crippen LogP contribution in [0, 0.1) is 16.7 Å². The summed E-state index contributed by atoms with van der Waals surface area (Å²) in [6.07, 6.45) is 1.84. The molecule has 0 aliphatic heterocycles. The van der Waals surface area contributed by atoms with Crippen molar-refractivity contribution in [2.75, 3.05) is 0 Å². The van der Waals surface area contributed by atoms with Gasteiger partial charge in [-0.2, -0.15) is 0 Å². The summed E-state index contributed by atoms with van der Waals surface area (Å²) in [6.45, 7) is 12.4. The molecular weight excluding hydrogens is 344 g/mol. The van der Waals surface area contributed by atoms with Gasteiger partial charge in [0.1, 0.15) is 5.60 Å². The fourth-order valence-corrected chi connectivity index (χ4v) is 4.51. The lowest BCUT2D eigenvalue weighted by atomic mass is 9.55. The first-order valence-electron chi connectivity index (χ1n) is 10.1. The molecule has 0 heterocycles. The monoisotopic (exact) mass is 376 g/mol. The number of hydrogen-bond donors (Lipinski definition) is 1. The number of hydrogen-bond acceptors (Lipinski definition) is 2. The Morgan fingerprint density at radius 2 is 1.32 bits per heavy atom. The smallest absolute Gasteiger partial charge is 0.163 e. The lowest BCUT2D eigenvalue weighted by Crippen LogP contribution is -2.50. The van der Waals surface area contributed by atoms with Gasteiger partial charge < -0.3 is 5.11 Å². The lowest BCUT2D eigenvalue weighted by molar-refractivity contribution is -0.130. The fraction of sp³-hybridized carbons (Fsp3) is 0.423. The SMILES string of the molecule is CC(C)(C)C1=CC(O)(c2ccccc2)C(c2ccccc2)C(C(C)(C)C)C1=O. The Bertz CT molecular complexity index is 866. The predicted molar refractivity (Wildman–Crippen MR) is 115 cm³/mol. The molecule has 2 heteroatoms. The minimum absolute atomic E-state index is 0.148. The highest BCUT2D eigenvalue weighted by Gasteiger charge is 2.54. The Kier molecular flexibility index (Phi) is 5.14. The molecule has 0 bridgehead atoms. The number of rotatable bonds is 2. The summed E-state index contributed by atoms with van der Waals surface area (Å²) in [6, 6.07) is 19.8. The molecule has 0 aromatic heterocycles. The van der Waals surface area contributed by atoms with Gasteiger partial charge >= 0.3 is 0 Å². The van der Waals surface area contributed by atoms with E-state index in [1.807, 2.05) is 87.5 Å². The van der Waals surface area contributed by atoms with E-state index in [2.05, 4.69) is 20.8 Å². The van der Waals surface area contributed by atoms with Crippen molar-refractivity contribution in [2.45, 2.75) is 53.1 Å². The molecule has 3 atom stereocenters. The predicted octanol–water partition coefficient (Wildman–Crippen LogP) is 5.88. The quantitative estimate of drug-likeness (QED) is 0.711. The van der Waals surface area contributed by atoms with Gasteiger partial charge in [-0.25, -0.2) is 0 Å². The summed E-state index contributed by atoms with van der Waals surface area (Å²) in [4.78, 5) is 13.7. The Labute approximate surface area is 169 Å². The standard InChI is InChI=1S/C26H32O2/c1-24(2,3)20-17-26(28,19-15-11-8-12-16-19)21(18-13-9-7-10-14-18)22(23(20)27)25(4,5)6/h7-17,21-22,28H,1-6H3. The third-order valence-corrected chi connectivity index (χ3v) is 5.86. The number of benzene rings is 2. The molecule has 2 nitrogen and oxygen atoms in total. The van der Waals surface area contributed by atoms with Crippen LogP contribution in [0.3, 0.4) is 0 Å².